The van der Waals surface area contributed by atoms with Gasteiger partial charge in [-0.2, -0.15) is 0 Å². The lowest BCUT2D eigenvalue weighted by molar-refractivity contribution is -0.127. The molecular formula is C17H27ClN2O. The van der Waals surface area contributed by atoms with Gasteiger partial charge < -0.3 is 11.1 Å². The lowest BCUT2D eigenvalue weighted by Gasteiger charge is -2.33. The smallest absolute Gasteiger partial charge is 0.240 e. The first kappa shape index (κ1) is 18.0. The summed E-state index contributed by atoms with van der Waals surface area (Å²) in [7, 11) is 0. The zero-order valence-electron chi connectivity index (χ0n) is 13.2. The van der Waals surface area contributed by atoms with Crippen LogP contribution in [0.5, 0.6) is 0 Å². The fourth-order valence-corrected chi connectivity index (χ4v) is 3.11. The summed E-state index contributed by atoms with van der Waals surface area (Å²) in [5.41, 5.74) is 7.97. The van der Waals surface area contributed by atoms with E-state index in [1.54, 1.807) is 0 Å². The number of rotatable bonds is 4. The van der Waals surface area contributed by atoms with E-state index in [-0.39, 0.29) is 24.4 Å². The minimum Gasteiger partial charge on any atom is -0.348 e. The summed E-state index contributed by atoms with van der Waals surface area (Å²) in [6, 6.07) is 8.53. The van der Waals surface area contributed by atoms with Gasteiger partial charge in [-0.3, -0.25) is 4.79 Å². The van der Waals surface area contributed by atoms with Crippen molar-refractivity contribution < 1.29 is 4.79 Å². The molecule has 0 radical (unpaired) electrons. The quantitative estimate of drug-likeness (QED) is 0.891. The summed E-state index contributed by atoms with van der Waals surface area (Å²) in [4.78, 5) is 12.4. The zero-order chi connectivity index (χ0) is 14.8. The van der Waals surface area contributed by atoms with E-state index in [4.69, 9.17) is 5.73 Å². The minimum absolute atomic E-state index is 0. The molecule has 3 N–H and O–H groups in total. The van der Waals surface area contributed by atoms with Crippen molar-refractivity contribution >= 4 is 18.3 Å². The number of amides is 1. The van der Waals surface area contributed by atoms with Gasteiger partial charge in [-0.15, -0.1) is 12.4 Å². The van der Waals surface area contributed by atoms with Crippen LogP contribution in [0.2, 0.25) is 0 Å². The maximum Gasteiger partial charge on any atom is 0.240 e. The van der Waals surface area contributed by atoms with Gasteiger partial charge in [-0.05, 0) is 43.2 Å². The highest BCUT2D eigenvalue weighted by Crippen LogP contribution is 2.37. The molecule has 0 spiro atoms. The number of nitrogens with two attached hydrogens (primary N) is 1. The van der Waals surface area contributed by atoms with E-state index in [1.807, 2.05) is 13.0 Å². The summed E-state index contributed by atoms with van der Waals surface area (Å²) >= 11 is 0. The molecule has 0 bridgehead atoms. The number of hydrogen-bond acceptors (Lipinski definition) is 2. The molecule has 0 aliphatic heterocycles. The van der Waals surface area contributed by atoms with Gasteiger partial charge in [-0.25, -0.2) is 0 Å². The van der Waals surface area contributed by atoms with Crippen molar-refractivity contribution in [1.29, 1.82) is 0 Å². The normalized spacial score (nSPS) is 23.4. The molecule has 0 fully saturated rings. The standard InChI is InChI=1S/C17H26N2O.ClH/c1-4-11-17(3,18)16(20)19-15-10-9-12(2)13-7-5-6-8-14(13)15;/h5-8,12,15H,4,9-11,18H2,1-3H3,(H,19,20);1H. The summed E-state index contributed by atoms with van der Waals surface area (Å²) in [5.74, 6) is 0.535. The van der Waals surface area contributed by atoms with Gasteiger partial charge in [0.05, 0.1) is 11.6 Å². The number of fused-ring (bicyclic) bond motifs is 1. The maximum absolute atomic E-state index is 12.4. The van der Waals surface area contributed by atoms with Gasteiger partial charge in [-0.1, -0.05) is 44.5 Å². The van der Waals surface area contributed by atoms with Crippen molar-refractivity contribution in [2.45, 2.75) is 64.0 Å². The molecule has 0 saturated carbocycles. The van der Waals surface area contributed by atoms with Crippen molar-refractivity contribution in [2.24, 2.45) is 5.73 Å². The SMILES string of the molecule is CCCC(C)(N)C(=O)NC1CCC(C)c2ccccc21.Cl. The average Bonchev–Trinajstić information content (AvgIpc) is 2.42. The van der Waals surface area contributed by atoms with Crippen LogP contribution < -0.4 is 11.1 Å². The van der Waals surface area contributed by atoms with Gasteiger partial charge in [0.25, 0.3) is 0 Å². The van der Waals surface area contributed by atoms with Gasteiger partial charge in [0.2, 0.25) is 5.91 Å². The molecule has 3 unspecified atom stereocenters. The Bertz CT molecular complexity index is 487. The Balaban J connectivity index is 0.00000220. The monoisotopic (exact) mass is 310 g/mol. The molecule has 21 heavy (non-hydrogen) atoms. The Kier molecular flexibility index (Phi) is 6.24. The van der Waals surface area contributed by atoms with Crippen molar-refractivity contribution in [1.82, 2.24) is 5.32 Å². The summed E-state index contributed by atoms with van der Waals surface area (Å²) < 4.78 is 0. The largest absolute Gasteiger partial charge is 0.348 e. The maximum atomic E-state index is 12.4. The second-order valence-electron chi connectivity index (χ2n) is 6.30. The zero-order valence-corrected chi connectivity index (χ0v) is 14.0. The van der Waals surface area contributed by atoms with Crippen LogP contribution in [0.4, 0.5) is 0 Å². The number of halogens is 1. The fraction of sp³-hybridized carbons (Fsp3) is 0.588. The molecule has 0 heterocycles. The average molecular weight is 311 g/mol. The van der Waals surface area contributed by atoms with Crippen LogP contribution in [0.25, 0.3) is 0 Å². The first-order chi connectivity index (χ1) is 9.45. The highest BCUT2D eigenvalue weighted by atomic mass is 35.5. The number of benzene rings is 1. The molecule has 3 atom stereocenters. The number of nitrogens with one attached hydrogen (secondary N) is 1. The van der Waals surface area contributed by atoms with E-state index in [0.29, 0.717) is 12.3 Å². The topological polar surface area (TPSA) is 55.1 Å². The van der Waals surface area contributed by atoms with Gasteiger partial charge in [0, 0.05) is 0 Å². The van der Waals surface area contributed by atoms with Crippen molar-refractivity contribution in [2.75, 3.05) is 0 Å². The first-order valence-electron chi connectivity index (χ1n) is 7.64. The van der Waals surface area contributed by atoms with E-state index in [0.717, 1.165) is 19.3 Å². The number of carbonyl (C=O) groups excluding carboxylic acids is 1. The van der Waals surface area contributed by atoms with E-state index < -0.39 is 5.54 Å². The molecule has 1 amide bonds. The molecule has 1 aliphatic rings. The lowest BCUT2D eigenvalue weighted by Crippen LogP contribution is -2.52. The predicted octanol–water partition coefficient (Wildman–Crippen LogP) is 3.68. The van der Waals surface area contributed by atoms with Crippen LogP contribution in [0.3, 0.4) is 0 Å². The van der Waals surface area contributed by atoms with Crippen LogP contribution in [-0.2, 0) is 4.79 Å². The second-order valence-corrected chi connectivity index (χ2v) is 6.30. The Morgan fingerprint density at radius 2 is 1.95 bits per heavy atom. The molecule has 1 aromatic rings. The summed E-state index contributed by atoms with van der Waals surface area (Å²) in [6.45, 7) is 6.13. The first-order valence-corrected chi connectivity index (χ1v) is 7.64. The van der Waals surface area contributed by atoms with Gasteiger partial charge in [0.15, 0.2) is 0 Å². The molecule has 1 aromatic carbocycles. The molecule has 4 heteroatoms. The van der Waals surface area contributed by atoms with E-state index >= 15 is 0 Å². The highest BCUT2D eigenvalue weighted by Gasteiger charge is 2.31. The molecule has 118 valence electrons. The van der Waals surface area contributed by atoms with E-state index in [2.05, 4.69) is 37.4 Å². The second kappa shape index (κ2) is 7.28. The van der Waals surface area contributed by atoms with Gasteiger partial charge in [0.1, 0.15) is 0 Å². The molecule has 0 aromatic heterocycles. The van der Waals surface area contributed by atoms with E-state index in [9.17, 15) is 4.79 Å². The summed E-state index contributed by atoms with van der Waals surface area (Å²) in [5, 5.41) is 3.16. The molecule has 1 aliphatic carbocycles. The fourth-order valence-electron chi connectivity index (χ4n) is 3.11. The van der Waals surface area contributed by atoms with Crippen LogP contribution >= 0.6 is 12.4 Å². The minimum atomic E-state index is -0.771. The third kappa shape index (κ3) is 3.98. The predicted molar refractivity (Wildman–Crippen MR) is 89.7 cm³/mol. The Morgan fingerprint density at radius 1 is 1.33 bits per heavy atom. The Labute approximate surface area is 134 Å². The molecular weight excluding hydrogens is 284 g/mol. The van der Waals surface area contributed by atoms with Crippen molar-refractivity contribution in [3.63, 3.8) is 0 Å². The third-order valence-corrected chi connectivity index (χ3v) is 4.38. The highest BCUT2D eigenvalue weighted by molar-refractivity contribution is 5.86. The van der Waals surface area contributed by atoms with Crippen LogP contribution in [0.15, 0.2) is 24.3 Å². The lowest BCUT2D eigenvalue weighted by atomic mass is 9.80. The summed E-state index contributed by atoms with van der Waals surface area (Å²) in [6.07, 6.45) is 3.73. The van der Waals surface area contributed by atoms with Crippen LogP contribution in [0, 0.1) is 0 Å². The number of hydrogen-bond donors (Lipinski definition) is 2. The van der Waals surface area contributed by atoms with Crippen LogP contribution in [-0.4, -0.2) is 11.4 Å². The van der Waals surface area contributed by atoms with Gasteiger partial charge >= 0.3 is 0 Å². The van der Waals surface area contributed by atoms with Crippen molar-refractivity contribution in [3.05, 3.63) is 35.4 Å². The number of carbonyl (C=O) groups is 1. The molecule has 0 saturated heterocycles. The third-order valence-electron chi connectivity index (χ3n) is 4.38. The molecule has 3 nitrogen and oxygen atoms in total. The Morgan fingerprint density at radius 3 is 2.57 bits per heavy atom. The van der Waals surface area contributed by atoms with Crippen molar-refractivity contribution in [3.8, 4) is 0 Å². The Hall–Kier alpha value is -1.06. The molecule has 2 rings (SSSR count). The van der Waals surface area contributed by atoms with Crippen LogP contribution in [0.1, 0.15) is 69.5 Å². The van der Waals surface area contributed by atoms with E-state index in [1.165, 1.54) is 11.1 Å².